The average Bonchev–Trinajstić information content (AvgIpc) is 2.99. The molecule has 3 heteroatoms. The Morgan fingerprint density at radius 2 is 1.96 bits per heavy atom. The van der Waals surface area contributed by atoms with Crippen molar-refractivity contribution < 1.29 is 0 Å². The lowest BCUT2D eigenvalue weighted by Crippen LogP contribution is -2.40. The van der Waals surface area contributed by atoms with E-state index in [-0.39, 0.29) is 11.3 Å². The van der Waals surface area contributed by atoms with Crippen LogP contribution in [0.2, 0.25) is 0 Å². The number of aliphatic imine (C=N–C) groups is 1. The van der Waals surface area contributed by atoms with Crippen molar-refractivity contribution in [1.29, 1.82) is 0 Å². The molecule has 3 unspecified atom stereocenters. The highest BCUT2D eigenvalue weighted by molar-refractivity contribution is 6.29. The number of halogens is 1. The zero-order valence-corrected chi connectivity index (χ0v) is 17.4. The highest BCUT2D eigenvalue weighted by Crippen LogP contribution is 2.56. The number of hydrogen-bond donors (Lipinski definition) is 1. The van der Waals surface area contributed by atoms with Gasteiger partial charge in [0.05, 0.1) is 0 Å². The maximum atomic E-state index is 6.65. The molecule has 0 bridgehead atoms. The highest BCUT2D eigenvalue weighted by Gasteiger charge is 2.50. The van der Waals surface area contributed by atoms with Gasteiger partial charge in [0.15, 0.2) is 0 Å². The monoisotopic (exact) mass is 372 g/mol. The van der Waals surface area contributed by atoms with Gasteiger partial charge in [0.2, 0.25) is 0 Å². The topological polar surface area (TPSA) is 38.4 Å². The molecule has 1 fully saturated rings. The predicted octanol–water partition coefficient (Wildman–Crippen LogP) is 6.69. The van der Waals surface area contributed by atoms with Gasteiger partial charge in [-0.25, -0.2) is 0 Å². The van der Waals surface area contributed by atoms with E-state index in [1.54, 1.807) is 12.3 Å². The third-order valence-electron chi connectivity index (χ3n) is 5.48. The Kier molecular flexibility index (Phi) is 8.87. The second-order valence-corrected chi connectivity index (χ2v) is 7.49. The molecule has 0 saturated heterocycles. The summed E-state index contributed by atoms with van der Waals surface area (Å²) in [4.78, 5) is 4.30. The van der Waals surface area contributed by atoms with Crippen LogP contribution in [0.4, 0.5) is 0 Å². The minimum atomic E-state index is -0.165. The molecule has 0 aliphatic heterocycles. The summed E-state index contributed by atoms with van der Waals surface area (Å²) < 4.78 is 0. The van der Waals surface area contributed by atoms with Gasteiger partial charge in [-0.15, -0.1) is 0 Å². The van der Waals surface area contributed by atoms with Crippen LogP contribution in [-0.2, 0) is 0 Å². The van der Waals surface area contributed by atoms with Gasteiger partial charge in [-0.1, -0.05) is 62.4 Å². The second-order valence-electron chi connectivity index (χ2n) is 6.89. The minimum Gasteiger partial charge on any atom is -0.402 e. The molecule has 0 heterocycles. The van der Waals surface area contributed by atoms with E-state index >= 15 is 0 Å². The van der Waals surface area contributed by atoms with Crippen molar-refractivity contribution >= 4 is 17.8 Å². The molecule has 0 spiro atoms. The highest BCUT2D eigenvalue weighted by atomic mass is 35.5. The Morgan fingerprint density at radius 3 is 2.38 bits per heavy atom. The normalized spacial score (nSPS) is 27.0. The number of rotatable bonds is 8. The SMILES string of the molecule is C=C/C=C(\C=NC=C)C(C(=C/C)/C=C(\C)Cl)C1(/C(N)=C\C)CCCC1C. The first-order valence-electron chi connectivity index (χ1n) is 9.27. The van der Waals surface area contributed by atoms with E-state index < -0.39 is 0 Å². The Morgan fingerprint density at radius 1 is 1.27 bits per heavy atom. The maximum Gasteiger partial charge on any atom is 0.0306 e. The zero-order chi connectivity index (χ0) is 19.7. The Bertz CT molecular complexity index is 660. The third kappa shape index (κ3) is 4.67. The van der Waals surface area contributed by atoms with E-state index in [9.17, 15) is 0 Å². The number of nitrogens with zero attached hydrogens (tertiary/aromatic N) is 1. The molecule has 0 aromatic heterocycles. The van der Waals surface area contributed by atoms with E-state index in [1.807, 2.05) is 39.1 Å². The molecule has 0 aromatic carbocycles. The quantitative estimate of drug-likeness (QED) is 0.374. The Balaban J connectivity index is 3.80. The van der Waals surface area contributed by atoms with Crippen molar-refractivity contribution in [2.45, 2.75) is 47.0 Å². The number of allylic oxidation sites excluding steroid dienone is 9. The summed E-state index contributed by atoms with van der Waals surface area (Å²) in [6.45, 7) is 15.9. The van der Waals surface area contributed by atoms with E-state index in [0.717, 1.165) is 41.1 Å². The van der Waals surface area contributed by atoms with E-state index in [1.165, 1.54) is 0 Å². The summed E-state index contributed by atoms with van der Waals surface area (Å²) in [7, 11) is 0. The molecule has 142 valence electrons. The van der Waals surface area contributed by atoms with Crippen LogP contribution in [0.25, 0.3) is 0 Å². The molecule has 0 aromatic rings. The lowest BCUT2D eigenvalue weighted by Gasteiger charge is -2.43. The summed E-state index contributed by atoms with van der Waals surface area (Å²) >= 11 is 6.27. The first-order valence-corrected chi connectivity index (χ1v) is 9.65. The van der Waals surface area contributed by atoms with Crippen LogP contribution in [0.5, 0.6) is 0 Å². The fourth-order valence-corrected chi connectivity index (χ4v) is 4.46. The van der Waals surface area contributed by atoms with Gasteiger partial charge in [-0.3, -0.25) is 4.99 Å². The molecule has 1 aliphatic rings. The second kappa shape index (κ2) is 10.4. The first-order chi connectivity index (χ1) is 12.4. The molecule has 2 nitrogen and oxygen atoms in total. The van der Waals surface area contributed by atoms with Gasteiger partial charge in [0.1, 0.15) is 0 Å². The standard InChI is InChI=1S/C23H33ClN2/c1-7-12-20(16-26-10-4)22(19(8-2)15-18(6)24)23(21(25)9-3)14-11-13-17(23)5/h7-10,12,15-17,22H,1,4,11,13-14,25H2,2-3,5-6H3/b18-15+,19-8+,20-12+,21-9+,26-16?. The van der Waals surface area contributed by atoms with Crippen LogP contribution < -0.4 is 5.73 Å². The lowest BCUT2D eigenvalue weighted by atomic mass is 9.61. The molecule has 0 amide bonds. The largest absolute Gasteiger partial charge is 0.402 e. The van der Waals surface area contributed by atoms with Crippen LogP contribution in [0, 0.1) is 17.3 Å². The van der Waals surface area contributed by atoms with Crippen molar-refractivity contribution in [3.8, 4) is 0 Å². The van der Waals surface area contributed by atoms with Crippen molar-refractivity contribution in [2.75, 3.05) is 0 Å². The van der Waals surface area contributed by atoms with Crippen LogP contribution in [0.15, 0.2) is 76.6 Å². The summed E-state index contributed by atoms with van der Waals surface area (Å²) in [6, 6.07) is 0. The summed E-state index contributed by atoms with van der Waals surface area (Å²) in [5, 5.41) is 0.751. The first kappa shape index (κ1) is 22.2. The minimum absolute atomic E-state index is 0.0524. The molecule has 3 atom stereocenters. The fraction of sp³-hybridized carbons (Fsp3) is 0.435. The van der Waals surface area contributed by atoms with E-state index in [4.69, 9.17) is 17.3 Å². The molecule has 0 radical (unpaired) electrons. The zero-order valence-electron chi connectivity index (χ0n) is 16.6. The third-order valence-corrected chi connectivity index (χ3v) is 5.58. The maximum absolute atomic E-state index is 6.65. The number of nitrogens with two attached hydrogens (primary N) is 1. The van der Waals surface area contributed by atoms with Crippen LogP contribution in [0.1, 0.15) is 47.0 Å². The van der Waals surface area contributed by atoms with Crippen LogP contribution in [0.3, 0.4) is 0 Å². The van der Waals surface area contributed by atoms with Gasteiger partial charge >= 0.3 is 0 Å². The van der Waals surface area contributed by atoms with Gasteiger partial charge in [0, 0.05) is 34.5 Å². The molecule has 1 saturated carbocycles. The van der Waals surface area contributed by atoms with Crippen molar-refractivity contribution in [3.63, 3.8) is 0 Å². The summed E-state index contributed by atoms with van der Waals surface area (Å²) in [5.74, 6) is 0.504. The van der Waals surface area contributed by atoms with Crippen molar-refractivity contribution in [3.05, 3.63) is 71.6 Å². The average molecular weight is 373 g/mol. The molecule has 2 N–H and O–H groups in total. The molecule has 26 heavy (non-hydrogen) atoms. The van der Waals surface area contributed by atoms with Crippen LogP contribution >= 0.6 is 11.6 Å². The lowest BCUT2D eigenvalue weighted by molar-refractivity contribution is 0.212. The van der Waals surface area contributed by atoms with Gasteiger partial charge in [-0.2, -0.15) is 0 Å². The summed E-state index contributed by atoms with van der Waals surface area (Å²) in [5.41, 5.74) is 9.65. The fourth-order valence-electron chi connectivity index (χ4n) is 4.34. The smallest absolute Gasteiger partial charge is 0.0306 e. The van der Waals surface area contributed by atoms with Crippen molar-refractivity contribution in [1.82, 2.24) is 0 Å². The van der Waals surface area contributed by atoms with Gasteiger partial charge in [-0.05, 0) is 56.8 Å². The van der Waals surface area contributed by atoms with Gasteiger partial charge in [0.25, 0.3) is 0 Å². The van der Waals surface area contributed by atoms with Crippen LogP contribution in [-0.4, -0.2) is 6.21 Å². The Hall–Kier alpha value is -1.80. The Labute approximate surface area is 164 Å². The molecular formula is C23H33ClN2. The van der Waals surface area contributed by atoms with Gasteiger partial charge < -0.3 is 5.73 Å². The molecule has 1 rings (SSSR count). The van der Waals surface area contributed by atoms with E-state index in [0.29, 0.717) is 5.92 Å². The van der Waals surface area contributed by atoms with E-state index in [2.05, 4.69) is 37.2 Å². The summed E-state index contributed by atoms with van der Waals surface area (Å²) in [6.07, 6.45) is 16.8. The van der Waals surface area contributed by atoms with Crippen molar-refractivity contribution in [2.24, 2.45) is 28.0 Å². The predicted molar refractivity (Wildman–Crippen MR) is 117 cm³/mol. The molecule has 1 aliphatic carbocycles. The number of hydrogen-bond acceptors (Lipinski definition) is 2. The molecular weight excluding hydrogens is 340 g/mol.